The number of nitrogens with zero attached hydrogens (tertiary/aromatic N) is 2. The van der Waals surface area contributed by atoms with Crippen molar-refractivity contribution in [2.24, 2.45) is 0 Å². The van der Waals surface area contributed by atoms with E-state index in [2.05, 4.69) is 44.8 Å². The molecule has 0 aromatic carbocycles. The van der Waals surface area contributed by atoms with Crippen molar-refractivity contribution < 1.29 is 0 Å². The molecule has 1 N–H and O–H groups in total. The zero-order chi connectivity index (χ0) is 14.8. The average molecular weight is 295 g/mol. The molecule has 1 aromatic rings. The lowest BCUT2D eigenvalue weighted by Crippen LogP contribution is -2.38. The van der Waals surface area contributed by atoms with Gasteiger partial charge in [-0.25, -0.2) is 4.98 Å². The zero-order valence-electron chi connectivity index (χ0n) is 13.6. The normalized spacial score (nSPS) is 18.2. The summed E-state index contributed by atoms with van der Waals surface area (Å²) in [6, 6.07) is 0. The Kier molecular flexibility index (Phi) is 5.08. The van der Waals surface area contributed by atoms with E-state index >= 15 is 0 Å². The minimum atomic E-state index is 0.264. The van der Waals surface area contributed by atoms with Crippen LogP contribution in [0.3, 0.4) is 0 Å². The Balaban J connectivity index is 2.20. The molecule has 114 valence electrons. The third kappa shape index (κ3) is 3.34. The first-order valence-corrected chi connectivity index (χ1v) is 8.75. The quantitative estimate of drug-likeness (QED) is 0.799. The van der Waals surface area contributed by atoms with Crippen LogP contribution in [0.2, 0.25) is 0 Å². The van der Waals surface area contributed by atoms with E-state index in [0.29, 0.717) is 5.92 Å². The van der Waals surface area contributed by atoms with Crippen molar-refractivity contribution in [3.63, 3.8) is 0 Å². The highest BCUT2D eigenvalue weighted by Crippen LogP contribution is 2.38. The second-order valence-electron chi connectivity index (χ2n) is 6.70. The Morgan fingerprint density at radius 2 is 2.15 bits per heavy atom. The molecule has 1 fully saturated rings. The fraction of sp³-hybridized carbons (Fsp3) is 0.812. The minimum Gasteiger partial charge on any atom is -0.343 e. The summed E-state index contributed by atoms with van der Waals surface area (Å²) in [5.74, 6) is 0.504. The smallest absolute Gasteiger partial charge is 0.186 e. The Morgan fingerprint density at radius 3 is 2.70 bits per heavy atom. The Morgan fingerprint density at radius 1 is 1.40 bits per heavy atom. The topological polar surface area (TPSA) is 28.2 Å². The van der Waals surface area contributed by atoms with Gasteiger partial charge >= 0.3 is 0 Å². The van der Waals surface area contributed by atoms with Gasteiger partial charge in [0.25, 0.3) is 0 Å². The van der Waals surface area contributed by atoms with Gasteiger partial charge in [0.2, 0.25) is 0 Å². The molecule has 0 saturated carbocycles. The van der Waals surface area contributed by atoms with Gasteiger partial charge in [0.1, 0.15) is 0 Å². The van der Waals surface area contributed by atoms with E-state index in [-0.39, 0.29) is 5.54 Å². The zero-order valence-corrected chi connectivity index (χ0v) is 14.4. The summed E-state index contributed by atoms with van der Waals surface area (Å²) in [6.07, 6.45) is 3.74. The van der Waals surface area contributed by atoms with Gasteiger partial charge in [-0.05, 0) is 45.6 Å². The second-order valence-corrected chi connectivity index (χ2v) is 7.77. The lowest BCUT2D eigenvalue weighted by Gasteiger charge is -2.31. The number of thiazole rings is 1. The summed E-state index contributed by atoms with van der Waals surface area (Å²) in [6.45, 7) is 14.6. The molecular formula is C16H29N3S. The lowest BCUT2D eigenvalue weighted by atomic mass is 10.0. The van der Waals surface area contributed by atoms with E-state index in [4.69, 9.17) is 4.98 Å². The molecule has 2 rings (SSSR count). The summed E-state index contributed by atoms with van der Waals surface area (Å²) in [5.41, 5.74) is 1.55. The predicted octanol–water partition coefficient (Wildman–Crippen LogP) is 4.14. The predicted molar refractivity (Wildman–Crippen MR) is 88.9 cm³/mol. The van der Waals surface area contributed by atoms with Crippen molar-refractivity contribution in [1.29, 1.82) is 0 Å². The molecule has 1 aromatic heterocycles. The molecule has 0 radical (unpaired) electrons. The summed E-state index contributed by atoms with van der Waals surface area (Å²) >= 11 is 1.89. The standard InChI is InChI=1S/C16H29N3S/c1-6-9-17-11-13-14(12(2)3)18-15(20-13)19-10-7-8-16(19,4)5/h12,17H,6-11H2,1-5H3. The molecule has 1 aliphatic rings. The van der Waals surface area contributed by atoms with Crippen LogP contribution in [-0.4, -0.2) is 23.6 Å². The molecule has 4 heteroatoms. The Labute approximate surface area is 127 Å². The monoisotopic (exact) mass is 295 g/mol. The fourth-order valence-electron chi connectivity index (χ4n) is 2.88. The van der Waals surface area contributed by atoms with Crippen LogP contribution in [-0.2, 0) is 6.54 Å². The van der Waals surface area contributed by atoms with Gasteiger partial charge < -0.3 is 10.2 Å². The van der Waals surface area contributed by atoms with Crippen LogP contribution in [0.4, 0.5) is 5.13 Å². The van der Waals surface area contributed by atoms with E-state index in [1.165, 1.54) is 35.0 Å². The molecule has 0 spiro atoms. The molecule has 3 nitrogen and oxygen atoms in total. The first kappa shape index (κ1) is 15.8. The molecule has 1 saturated heterocycles. The SMILES string of the molecule is CCCNCc1sc(N2CCCC2(C)C)nc1C(C)C. The van der Waals surface area contributed by atoms with Gasteiger partial charge in [0, 0.05) is 23.5 Å². The van der Waals surface area contributed by atoms with Gasteiger partial charge in [0.05, 0.1) is 5.69 Å². The van der Waals surface area contributed by atoms with Crippen molar-refractivity contribution in [3.05, 3.63) is 10.6 Å². The third-order valence-electron chi connectivity index (χ3n) is 4.11. The largest absolute Gasteiger partial charge is 0.343 e. The minimum absolute atomic E-state index is 0.264. The lowest BCUT2D eigenvalue weighted by molar-refractivity contribution is 0.516. The van der Waals surface area contributed by atoms with Gasteiger partial charge in [-0.2, -0.15) is 0 Å². The maximum atomic E-state index is 4.97. The number of anilines is 1. The van der Waals surface area contributed by atoms with Crippen molar-refractivity contribution >= 4 is 16.5 Å². The Bertz CT molecular complexity index is 437. The maximum absolute atomic E-state index is 4.97. The molecule has 0 bridgehead atoms. The van der Waals surface area contributed by atoms with Crippen LogP contribution in [0.25, 0.3) is 0 Å². The maximum Gasteiger partial charge on any atom is 0.186 e. The Hall–Kier alpha value is -0.610. The molecule has 1 aliphatic heterocycles. The number of aromatic nitrogens is 1. The first-order chi connectivity index (χ1) is 9.45. The van der Waals surface area contributed by atoms with Gasteiger partial charge in [-0.3, -0.25) is 0 Å². The van der Waals surface area contributed by atoms with Crippen LogP contribution >= 0.6 is 11.3 Å². The van der Waals surface area contributed by atoms with Crippen molar-refractivity contribution in [2.75, 3.05) is 18.0 Å². The van der Waals surface area contributed by atoms with Crippen LogP contribution in [0.1, 0.15) is 70.4 Å². The van der Waals surface area contributed by atoms with Gasteiger partial charge in [-0.15, -0.1) is 11.3 Å². The van der Waals surface area contributed by atoms with Crippen LogP contribution in [0.15, 0.2) is 0 Å². The number of hydrogen-bond acceptors (Lipinski definition) is 4. The van der Waals surface area contributed by atoms with Crippen LogP contribution < -0.4 is 10.2 Å². The molecule has 0 unspecified atom stereocenters. The molecule has 0 amide bonds. The van der Waals surface area contributed by atoms with Crippen LogP contribution in [0, 0.1) is 0 Å². The fourth-order valence-corrected chi connectivity index (χ4v) is 4.26. The highest BCUT2D eigenvalue weighted by molar-refractivity contribution is 7.15. The number of nitrogens with one attached hydrogen (secondary N) is 1. The molecule has 0 atom stereocenters. The summed E-state index contributed by atoms with van der Waals surface area (Å²) < 4.78 is 0. The summed E-state index contributed by atoms with van der Waals surface area (Å²) in [4.78, 5) is 8.90. The van der Waals surface area contributed by atoms with E-state index in [9.17, 15) is 0 Å². The molecule has 0 aliphatic carbocycles. The number of rotatable bonds is 6. The van der Waals surface area contributed by atoms with E-state index in [1.54, 1.807) is 0 Å². The molecular weight excluding hydrogens is 266 g/mol. The van der Waals surface area contributed by atoms with Crippen molar-refractivity contribution in [2.45, 2.75) is 71.9 Å². The summed E-state index contributed by atoms with van der Waals surface area (Å²) in [5, 5.41) is 4.75. The van der Waals surface area contributed by atoms with Crippen molar-refractivity contribution in [1.82, 2.24) is 10.3 Å². The van der Waals surface area contributed by atoms with E-state index < -0.39 is 0 Å². The average Bonchev–Trinajstić information content (AvgIpc) is 2.92. The third-order valence-corrected chi connectivity index (χ3v) is 5.20. The summed E-state index contributed by atoms with van der Waals surface area (Å²) in [7, 11) is 0. The van der Waals surface area contributed by atoms with Gasteiger partial charge in [-0.1, -0.05) is 20.8 Å². The van der Waals surface area contributed by atoms with E-state index in [0.717, 1.165) is 19.6 Å². The molecule has 20 heavy (non-hydrogen) atoms. The van der Waals surface area contributed by atoms with Crippen molar-refractivity contribution in [3.8, 4) is 0 Å². The first-order valence-electron chi connectivity index (χ1n) is 7.93. The highest BCUT2D eigenvalue weighted by Gasteiger charge is 2.34. The van der Waals surface area contributed by atoms with Crippen LogP contribution in [0.5, 0.6) is 0 Å². The van der Waals surface area contributed by atoms with E-state index in [1.807, 2.05) is 11.3 Å². The molecule has 2 heterocycles. The highest BCUT2D eigenvalue weighted by atomic mass is 32.1. The van der Waals surface area contributed by atoms with Gasteiger partial charge in [0.15, 0.2) is 5.13 Å². The number of hydrogen-bond donors (Lipinski definition) is 1. The second kappa shape index (κ2) is 6.44.